The SMILES string of the molecule is Cc1ccc(C2(C)NC(=O)N(CC(=O)Nc3ccc(OC(F)F)c(Cc4ccccc4)c3)C2=O)cc1. The van der Waals surface area contributed by atoms with Crippen LogP contribution in [-0.2, 0) is 21.5 Å². The van der Waals surface area contributed by atoms with E-state index in [2.05, 4.69) is 15.4 Å². The van der Waals surface area contributed by atoms with E-state index in [1.165, 1.54) is 18.2 Å². The molecule has 9 heteroatoms. The summed E-state index contributed by atoms with van der Waals surface area (Å²) in [5, 5.41) is 5.30. The Labute approximate surface area is 207 Å². The highest BCUT2D eigenvalue weighted by atomic mass is 19.3. The zero-order valence-electron chi connectivity index (χ0n) is 19.8. The minimum atomic E-state index is -3.00. The first-order chi connectivity index (χ1) is 17.2. The number of imide groups is 1. The number of anilines is 1. The molecule has 3 aromatic rings. The average Bonchev–Trinajstić information content (AvgIpc) is 3.05. The first kappa shape index (κ1) is 24.8. The molecule has 0 radical (unpaired) electrons. The van der Waals surface area contributed by atoms with Crippen LogP contribution < -0.4 is 15.4 Å². The minimum absolute atomic E-state index is 0.00480. The molecule has 0 saturated carbocycles. The average molecular weight is 494 g/mol. The molecule has 4 amide bonds. The van der Waals surface area contributed by atoms with Crippen LogP contribution in [0.2, 0.25) is 0 Å². The van der Waals surface area contributed by atoms with Crippen LogP contribution in [0.5, 0.6) is 5.75 Å². The zero-order chi connectivity index (χ0) is 25.9. The summed E-state index contributed by atoms with van der Waals surface area (Å²) in [6.45, 7) is 0.000379. The van der Waals surface area contributed by atoms with E-state index in [1.807, 2.05) is 49.4 Å². The highest BCUT2D eigenvalue weighted by molar-refractivity contribution is 6.10. The van der Waals surface area contributed by atoms with Gasteiger partial charge in [0.05, 0.1) is 0 Å². The fourth-order valence-corrected chi connectivity index (χ4v) is 4.09. The number of aryl methyl sites for hydroxylation is 1. The van der Waals surface area contributed by atoms with Crippen LogP contribution in [0.1, 0.15) is 29.2 Å². The molecule has 2 N–H and O–H groups in total. The molecule has 1 unspecified atom stereocenters. The van der Waals surface area contributed by atoms with Crippen LogP contribution in [0.15, 0.2) is 72.8 Å². The van der Waals surface area contributed by atoms with Crippen molar-refractivity contribution < 1.29 is 27.9 Å². The minimum Gasteiger partial charge on any atom is -0.435 e. The van der Waals surface area contributed by atoms with Gasteiger partial charge in [-0.2, -0.15) is 8.78 Å². The molecule has 1 fully saturated rings. The first-order valence-electron chi connectivity index (χ1n) is 11.3. The number of nitrogens with zero attached hydrogens (tertiary/aromatic N) is 1. The van der Waals surface area contributed by atoms with Crippen LogP contribution >= 0.6 is 0 Å². The second-order valence-electron chi connectivity index (χ2n) is 8.72. The number of carbonyl (C=O) groups is 3. The van der Waals surface area contributed by atoms with Crippen LogP contribution in [0.3, 0.4) is 0 Å². The van der Waals surface area contributed by atoms with E-state index in [1.54, 1.807) is 19.1 Å². The summed E-state index contributed by atoms with van der Waals surface area (Å²) >= 11 is 0. The van der Waals surface area contributed by atoms with Crippen molar-refractivity contribution in [3.05, 3.63) is 95.1 Å². The van der Waals surface area contributed by atoms with E-state index in [4.69, 9.17) is 0 Å². The second kappa shape index (κ2) is 10.2. The number of hydrogen-bond acceptors (Lipinski definition) is 4. The van der Waals surface area contributed by atoms with Crippen LogP contribution in [-0.4, -0.2) is 35.9 Å². The third-order valence-corrected chi connectivity index (χ3v) is 6.00. The number of ether oxygens (including phenoxy) is 1. The first-order valence-corrected chi connectivity index (χ1v) is 11.3. The number of carbonyl (C=O) groups excluding carboxylic acids is 3. The molecule has 0 aliphatic carbocycles. The maximum absolute atomic E-state index is 13.1. The molecule has 1 saturated heterocycles. The van der Waals surface area contributed by atoms with Crippen molar-refractivity contribution in [1.82, 2.24) is 10.2 Å². The summed E-state index contributed by atoms with van der Waals surface area (Å²) in [4.78, 5) is 39.3. The lowest BCUT2D eigenvalue weighted by molar-refractivity contribution is -0.133. The summed E-state index contributed by atoms with van der Waals surface area (Å²) < 4.78 is 30.4. The van der Waals surface area contributed by atoms with Gasteiger partial charge < -0.3 is 15.4 Å². The van der Waals surface area contributed by atoms with Gasteiger partial charge in [0.15, 0.2) is 0 Å². The van der Waals surface area contributed by atoms with Gasteiger partial charge in [0.2, 0.25) is 5.91 Å². The Morgan fingerprint density at radius 1 is 1.06 bits per heavy atom. The molecule has 0 bridgehead atoms. The Balaban J connectivity index is 1.49. The van der Waals surface area contributed by atoms with Gasteiger partial charge in [-0.3, -0.25) is 14.5 Å². The molecule has 1 atom stereocenters. The van der Waals surface area contributed by atoms with Crippen LogP contribution in [0.4, 0.5) is 19.3 Å². The molecule has 186 valence electrons. The van der Waals surface area contributed by atoms with Crippen molar-refractivity contribution in [3.8, 4) is 5.75 Å². The van der Waals surface area contributed by atoms with E-state index in [-0.39, 0.29) is 5.75 Å². The molecule has 3 aromatic carbocycles. The second-order valence-corrected chi connectivity index (χ2v) is 8.72. The number of benzene rings is 3. The monoisotopic (exact) mass is 493 g/mol. The topological polar surface area (TPSA) is 87.7 Å². The molecule has 0 aromatic heterocycles. The molecule has 0 spiro atoms. The van der Waals surface area contributed by atoms with Gasteiger partial charge in [-0.25, -0.2) is 4.79 Å². The molecule has 7 nitrogen and oxygen atoms in total. The van der Waals surface area contributed by atoms with Crippen molar-refractivity contribution in [2.24, 2.45) is 0 Å². The van der Waals surface area contributed by atoms with E-state index >= 15 is 0 Å². The normalized spacial score (nSPS) is 17.3. The molecule has 4 rings (SSSR count). The standard InChI is InChI=1S/C27H25F2N3O4/c1-17-8-10-20(11-9-17)27(2)24(34)32(26(35)31-27)16-23(33)30-21-12-13-22(36-25(28)29)19(15-21)14-18-6-4-3-5-7-18/h3-13,15,25H,14,16H2,1-2H3,(H,30,33)(H,31,35). The summed E-state index contributed by atoms with van der Waals surface area (Å²) in [6.07, 6.45) is 0.300. The third-order valence-electron chi connectivity index (χ3n) is 6.00. The van der Waals surface area contributed by atoms with Crippen molar-refractivity contribution in [1.29, 1.82) is 0 Å². The molecule has 1 aliphatic rings. The summed E-state index contributed by atoms with van der Waals surface area (Å²) in [6, 6.07) is 20.0. The fourth-order valence-electron chi connectivity index (χ4n) is 4.09. The Morgan fingerprint density at radius 2 is 1.75 bits per heavy atom. The van der Waals surface area contributed by atoms with Gasteiger partial charge in [0, 0.05) is 17.7 Å². The van der Waals surface area contributed by atoms with Gasteiger partial charge in [-0.05, 0) is 43.2 Å². The van der Waals surface area contributed by atoms with Crippen molar-refractivity contribution in [2.75, 3.05) is 11.9 Å². The maximum atomic E-state index is 13.1. The van der Waals surface area contributed by atoms with Crippen molar-refractivity contribution in [3.63, 3.8) is 0 Å². The van der Waals surface area contributed by atoms with Gasteiger partial charge in [-0.15, -0.1) is 0 Å². The number of alkyl halides is 2. The van der Waals surface area contributed by atoms with Gasteiger partial charge in [0.1, 0.15) is 17.8 Å². The van der Waals surface area contributed by atoms with E-state index < -0.39 is 36.5 Å². The predicted molar refractivity (Wildman–Crippen MR) is 130 cm³/mol. The largest absolute Gasteiger partial charge is 0.435 e. The van der Waals surface area contributed by atoms with Gasteiger partial charge in [-0.1, -0.05) is 60.2 Å². The van der Waals surface area contributed by atoms with E-state index in [9.17, 15) is 23.2 Å². The van der Waals surface area contributed by atoms with E-state index in [0.717, 1.165) is 16.0 Å². The quantitative estimate of drug-likeness (QED) is 0.450. The maximum Gasteiger partial charge on any atom is 0.387 e. The smallest absolute Gasteiger partial charge is 0.387 e. The highest BCUT2D eigenvalue weighted by Crippen LogP contribution is 2.30. The van der Waals surface area contributed by atoms with Crippen molar-refractivity contribution >= 4 is 23.5 Å². The fraction of sp³-hybridized carbons (Fsp3) is 0.222. The number of rotatable bonds is 8. The van der Waals surface area contributed by atoms with Gasteiger partial charge >= 0.3 is 12.6 Å². The highest BCUT2D eigenvalue weighted by Gasteiger charge is 2.49. The molecular weight excluding hydrogens is 468 g/mol. The Kier molecular flexibility index (Phi) is 7.00. The van der Waals surface area contributed by atoms with Crippen molar-refractivity contribution in [2.45, 2.75) is 32.4 Å². The molecule has 36 heavy (non-hydrogen) atoms. The molecule has 1 aliphatic heterocycles. The van der Waals surface area contributed by atoms with Gasteiger partial charge in [0.25, 0.3) is 5.91 Å². The summed E-state index contributed by atoms with van der Waals surface area (Å²) in [5.41, 5.74) is 1.96. The molecule has 1 heterocycles. The Morgan fingerprint density at radius 3 is 2.42 bits per heavy atom. The number of hydrogen-bond donors (Lipinski definition) is 2. The summed E-state index contributed by atoms with van der Waals surface area (Å²) in [7, 11) is 0. The number of halogens is 2. The Bertz CT molecular complexity index is 1280. The molecular formula is C27H25F2N3O4. The predicted octanol–water partition coefficient (Wildman–Crippen LogP) is 4.59. The number of urea groups is 1. The third kappa shape index (κ3) is 5.35. The lowest BCUT2D eigenvalue weighted by Crippen LogP contribution is -2.42. The number of nitrogens with one attached hydrogen (secondary N) is 2. The lowest BCUT2D eigenvalue weighted by atomic mass is 9.91. The zero-order valence-corrected chi connectivity index (χ0v) is 19.8. The number of amides is 4. The van der Waals surface area contributed by atoms with Crippen LogP contribution in [0.25, 0.3) is 0 Å². The Hall–Kier alpha value is -4.27. The van der Waals surface area contributed by atoms with Crippen LogP contribution in [0, 0.1) is 6.92 Å². The van der Waals surface area contributed by atoms with E-state index in [0.29, 0.717) is 23.2 Å². The summed E-state index contributed by atoms with van der Waals surface area (Å²) in [5.74, 6) is -1.16. The lowest BCUT2D eigenvalue weighted by Gasteiger charge is -2.22.